The smallest absolute Gasteiger partial charge is 0.160 e. The van der Waals surface area contributed by atoms with Crippen LogP contribution in [0.15, 0.2) is 30.6 Å². The second-order valence-corrected chi connectivity index (χ2v) is 5.18. The Balaban J connectivity index is 2.01. The summed E-state index contributed by atoms with van der Waals surface area (Å²) in [6, 6.07) is 5.12. The number of hydrogen-bond donors (Lipinski definition) is 1. The molecule has 1 aromatic carbocycles. The molecule has 0 saturated carbocycles. The zero-order valence-electron chi connectivity index (χ0n) is 10.6. The average Bonchev–Trinajstić information content (AvgIpc) is 2.81. The topological polar surface area (TPSA) is 17.0 Å². The summed E-state index contributed by atoms with van der Waals surface area (Å²) in [6.45, 7) is 3.80. The minimum atomic E-state index is -0.581. The van der Waals surface area contributed by atoms with Gasteiger partial charge < -0.3 is 9.88 Å². The Bertz CT molecular complexity index is 543. The molecule has 0 atom stereocenters. The molecule has 0 aliphatic heterocycles. The molecule has 1 heterocycles. The van der Waals surface area contributed by atoms with E-state index in [1.165, 1.54) is 12.1 Å². The van der Waals surface area contributed by atoms with E-state index < -0.39 is 5.82 Å². The highest BCUT2D eigenvalue weighted by molar-refractivity contribution is 6.35. The summed E-state index contributed by atoms with van der Waals surface area (Å²) >= 11 is 11.5. The van der Waals surface area contributed by atoms with Crippen molar-refractivity contribution in [1.82, 2.24) is 4.57 Å². The number of rotatable bonds is 5. The molecule has 102 valence electrons. The number of aromatic nitrogens is 1. The quantitative estimate of drug-likeness (QED) is 0.773. The van der Waals surface area contributed by atoms with E-state index in [4.69, 9.17) is 23.2 Å². The molecular weight excluding hydrogens is 286 g/mol. The van der Waals surface area contributed by atoms with Crippen LogP contribution < -0.4 is 5.32 Å². The van der Waals surface area contributed by atoms with Gasteiger partial charge in [-0.1, -0.05) is 30.1 Å². The van der Waals surface area contributed by atoms with E-state index in [-0.39, 0.29) is 10.0 Å². The fraction of sp³-hybridized carbons (Fsp3) is 0.286. The van der Waals surface area contributed by atoms with Gasteiger partial charge in [0.05, 0.1) is 10.0 Å². The molecule has 2 nitrogen and oxygen atoms in total. The van der Waals surface area contributed by atoms with Crippen molar-refractivity contribution < 1.29 is 4.39 Å². The van der Waals surface area contributed by atoms with Gasteiger partial charge in [0.15, 0.2) is 5.82 Å². The molecule has 0 aliphatic carbocycles. The number of hydrogen-bond acceptors (Lipinski definition) is 1. The zero-order chi connectivity index (χ0) is 13.8. The van der Waals surface area contributed by atoms with Crippen molar-refractivity contribution in [2.45, 2.75) is 26.4 Å². The molecule has 19 heavy (non-hydrogen) atoms. The number of halogens is 3. The standard InChI is InChI=1S/C14H15Cl2FN2/c1-2-4-19-5-3-10(9-19)8-18-11-6-12(15)14(17)13(16)7-11/h3,5-7,9,18H,2,4,8H2,1H3. The lowest BCUT2D eigenvalue weighted by Crippen LogP contribution is -1.99. The fourth-order valence-electron chi connectivity index (χ4n) is 1.85. The van der Waals surface area contributed by atoms with Gasteiger partial charge in [-0.2, -0.15) is 0 Å². The molecular formula is C14H15Cl2FN2. The van der Waals surface area contributed by atoms with Crippen molar-refractivity contribution in [2.75, 3.05) is 5.32 Å². The number of nitrogens with one attached hydrogen (secondary N) is 1. The number of aryl methyl sites for hydroxylation is 1. The summed E-state index contributed by atoms with van der Waals surface area (Å²) in [5, 5.41) is 3.23. The molecule has 0 fully saturated rings. The van der Waals surface area contributed by atoms with Crippen LogP contribution in [0.3, 0.4) is 0 Å². The second kappa shape index (κ2) is 6.31. The van der Waals surface area contributed by atoms with Gasteiger partial charge in [0.2, 0.25) is 0 Å². The Morgan fingerprint density at radius 1 is 1.26 bits per heavy atom. The van der Waals surface area contributed by atoms with Crippen LogP contribution in [-0.4, -0.2) is 4.57 Å². The number of benzene rings is 1. The van der Waals surface area contributed by atoms with Crippen LogP contribution in [-0.2, 0) is 13.1 Å². The molecule has 5 heteroatoms. The summed E-state index contributed by atoms with van der Waals surface area (Å²) < 4.78 is 15.4. The maximum atomic E-state index is 13.3. The molecule has 2 rings (SSSR count). The van der Waals surface area contributed by atoms with Gasteiger partial charge in [-0.25, -0.2) is 4.39 Å². The van der Waals surface area contributed by atoms with Crippen LogP contribution in [0.5, 0.6) is 0 Å². The molecule has 0 aliphatic rings. The molecule has 0 amide bonds. The normalized spacial score (nSPS) is 10.7. The highest BCUT2D eigenvalue weighted by Gasteiger charge is 2.07. The molecule has 1 N–H and O–H groups in total. The maximum absolute atomic E-state index is 13.3. The fourth-order valence-corrected chi connectivity index (χ4v) is 2.34. The average molecular weight is 301 g/mol. The van der Waals surface area contributed by atoms with Crippen molar-refractivity contribution in [2.24, 2.45) is 0 Å². The first-order chi connectivity index (χ1) is 9.10. The van der Waals surface area contributed by atoms with Gasteiger partial charge in [-0.3, -0.25) is 0 Å². The first kappa shape index (κ1) is 14.2. The van der Waals surface area contributed by atoms with Crippen molar-refractivity contribution >= 4 is 28.9 Å². The first-order valence-electron chi connectivity index (χ1n) is 6.13. The minimum absolute atomic E-state index is 0.0264. The van der Waals surface area contributed by atoms with Gasteiger partial charge in [-0.05, 0) is 30.2 Å². The largest absolute Gasteiger partial charge is 0.381 e. The predicted molar refractivity (Wildman–Crippen MR) is 78.5 cm³/mol. The van der Waals surface area contributed by atoms with E-state index in [1.807, 2.05) is 6.20 Å². The highest BCUT2D eigenvalue weighted by Crippen LogP contribution is 2.27. The molecule has 0 radical (unpaired) electrons. The molecule has 2 aromatic rings. The molecule has 0 spiro atoms. The summed E-state index contributed by atoms with van der Waals surface area (Å²) in [7, 11) is 0. The van der Waals surface area contributed by atoms with E-state index in [0.29, 0.717) is 12.2 Å². The maximum Gasteiger partial charge on any atom is 0.160 e. The lowest BCUT2D eigenvalue weighted by molar-refractivity contribution is 0.629. The predicted octanol–water partition coefficient (Wildman–Crippen LogP) is 4.96. The van der Waals surface area contributed by atoms with E-state index in [1.54, 1.807) is 0 Å². The van der Waals surface area contributed by atoms with E-state index in [2.05, 4.69) is 29.1 Å². The van der Waals surface area contributed by atoms with E-state index in [0.717, 1.165) is 18.5 Å². The summed E-state index contributed by atoms with van der Waals surface area (Å²) in [5.74, 6) is -0.581. The van der Waals surface area contributed by atoms with Crippen molar-refractivity contribution in [3.05, 3.63) is 52.0 Å². The van der Waals surface area contributed by atoms with Crippen molar-refractivity contribution in [1.29, 1.82) is 0 Å². The Morgan fingerprint density at radius 2 is 1.95 bits per heavy atom. The van der Waals surface area contributed by atoms with Gasteiger partial charge >= 0.3 is 0 Å². The van der Waals surface area contributed by atoms with Crippen LogP contribution >= 0.6 is 23.2 Å². The summed E-state index contributed by atoms with van der Waals surface area (Å²) in [4.78, 5) is 0. The molecule has 0 unspecified atom stereocenters. The molecule has 1 aromatic heterocycles. The van der Waals surface area contributed by atoms with Crippen LogP contribution in [0.2, 0.25) is 10.0 Å². The zero-order valence-corrected chi connectivity index (χ0v) is 12.1. The molecule has 0 bridgehead atoms. The van der Waals surface area contributed by atoms with Gasteiger partial charge in [-0.15, -0.1) is 0 Å². The SMILES string of the molecule is CCCn1ccc(CNc2cc(Cl)c(F)c(Cl)c2)c1. The minimum Gasteiger partial charge on any atom is -0.381 e. The number of anilines is 1. The summed E-state index contributed by atoms with van der Waals surface area (Å²) in [5.41, 5.74) is 1.87. The third-order valence-corrected chi connectivity index (χ3v) is 3.32. The Labute approximate surface area is 122 Å². The van der Waals surface area contributed by atoms with Crippen molar-refractivity contribution in [3.63, 3.8) is 0 Å². The Kier molecular flexibility index (Phi) is 4.72. The second-order valence-electron chi connectivity index (χ2n) is 4.37. The van der Waals surface area contributed by atoms with Crippen molar-refractivity contribution in [3.8, 4) is 0 Å². The van der Waals surface area contributed by atoms with Gasteiger partial charge in [0.1, 0.15) is 0 Å². The lowest BCUT2D eigenvalue weighted by Gasteiger charge is -2.07. The van der Waals surface area contributed by atoms with E-state index >= 15 is 0 Å². The Hall–Kier alpha value is -1.19. The third kappa shape index (κ3) is 3.64. The Morgan fingerprint density at radius 3 is 2.58 bits per heavy atom. The van der Waals surface area contributed by atoms with Crippen LogP contribution in [0.4, 0.5) is 10.1 Å². The van der Waals surface area contributed by atoms with Crippen LogP contribution in [0, 0.1) is 5.82 Å². The van der Waals surface area contributed by atoms with Gasteiger partial charge in [0.25, 0.3) is 0 Å². The van der Waals surface area contributed by atoms with Crippen LogP contribution in [0.25, 0.3) is 0 Å². The third-order valence-electron chi connectivity index (χ3n) is 2.77. The monoisotopic (exact) mass is 300 g/mol. The van der Waals surface area contributed by atoms with Gasteiger partial charge in [0, 0.05) is 31.2 Å². The lowest BCUT2D eigenvalue weighted by atomic mass is 10.3. The highest BCUT2D eigenvalue weighted by atomic mass is 35.5. The first-order valence-corrected chi connectivity index (χ1v) is 6.89. The van der Waals surface area contributed by atoms with Crippen LogP contribution in [0.1, 0.15) is 18.9 Å². The van der Waals surface area contributed by atoms with E-state index in [9.17, 15) is 4.39 Å². The molecule has 0 saturated heterocycles. The summed E-state index contributed by atoms with van der Waals surface area (Å²) in [6.07, 6.45) is 5.24. The number of nitrogens with zero attached hydrogens (tertiary/aromatic N) is 1.